The molecule has 2 aromatic carbocycles. The van der Waals surface area contributed by atoms with Crippen LogP contribution in [0.5, 0.6) is 0 Å². The van der Waals surface area contributed by atoms with E-state index >= 15 is 0 Å². The van der Waals surface area contributed by atoms with Crippen molar-refractivity contribution >= 4 is 5.91 Å². The van der Waals surface area contributed by atoms with Crippen molar-refractivity contribution in [1.82, 2.24) is 10.3 Å². The molecule has 1 aromatic heterocycles. The summed E-state index contributed by atoms with van der Waals surface area (Å²) in [6.07, 6.45) is 0.912. The fourth-order valence-electron chi connectivity index (χ4n) is 3.11. The lowest BCUT2D eigenvalue weighted by molar-refractivity contribution is 0.0949. The highest BCUT2D eigenvalue weighted by molar-refractivity contribution is 5.94. The third-order valence-corrected chi connectivity index (χ3v) is 4.57. The van der Waals surface area contributed by atoms with Crippen molar-refractivity contribution in [2.45, 2.75) is 18.4 Å². The number of aromatic nitrogens is 1. The van der Waals surface area contributed by atoms with Crippen molar-refractivity contribution in [2.75, 3.05) is 0 Å². The van der Waals surface area contributed by atoms with Crippen LogP contribution in [0.4, 0.5) is 0 Å². The molecule has 0 aliphatic heterocycles. The lowest BCUT2D eigenvalue weighted by Gasteiger charge is -2.06. The molecular formula is C21H18N2O2. The first kappa shape index (κ1) is 15.4. The van der Waals surface area contributed by atoms with Crippen LogP contribution >= 0.6 is 0 Å². The molecule has 1 saturated carbocycles. The lowest BCUT2D eigenvalue weighted by atomic mass is 10.1. The van der Waals surface area contributed by atoms with Gasteiger partial charge in [0.2, 0.25) is 0 Å². The number of carbonyl (C=O) groups excluding carboxylic acids is 1. The van der Waals surface area contributed by atoms with Crippen LogP contribution in [0.2, 0.25) is 0 Å². The number of H-pyrrole nitrogens is 1. The Kier molecular flexibility index (Phi) is 3.94. The second-order valence-electron chi connectivity index (χ2n) is 6.31. The molecule has 1 amide bonds. The van der Waals surface area contributed by atoms with Crippen LogP contribution in [-0.4, -0.2) is 16.9 Å². The zero-order valence-electron chi connectivity index (χ0n) is 13.6. The maximum absolute atomic E-state index is 12.4. The van der Waals surface area contributed by atoms with Gasteiger partial charge in [-0.3, -0.25) is 9.59 Å². The van der Waals surface area contributed by atoms with E-state index in [-0.39, 0.29) is 23.1 Å². The topological polar surface area (TPSA) is 62.0 Å². The van der Waals surface area contributed by atoms with Crippen molar-refractivity contribution in [2.24, 2.45) is 0 Å². The minimum absolute atomic E-state index is 0.100. The number of nitrogens with one attached hydrogen (secondary N) is 2. The van der Waals surface area contributed by atoms with Gasteiger partial charge in [0.05, 0.1) is 0 Å². The molecule has 0 radical (unpaired) electrons. The molecule has 4 nitrogen and oxygen atoms in total. The molecule has 1 heterocycles. The quantitative estimate of drug-likeness (QED) is 0.771. The van der Waals surface area contributed by atoms with Gasteiger partial charge in [0.25, 0.3) is 11.5 Å². The van der Waals surface area contributed by atoms with Gasteiger partial charge in [0.15, 0.2) is 0 Å². The Hall–Kier alpha value is -3.14. The molecular weight excluding hydrogens is 312 g/mol. The smallest absolute Gasteiger partial charge is 0.261 e. The van der Waals surface area contributed by atoms with Gasteiger partial charge in [-0.2, -0.15) is 0 Å². The first-order chi connectivity index (χ1) is 12.2. The maximum atomic E-state index is 12.4. The summed E-state index contributed by atoms with van der Waals surface area (Å²) in [5.74, 6) is 0.0251. The molecule has 25 heavy (non-hydrogen) atoms. The zero-order valence-corrected chi connectivity index (χ0v) is 13.6. The first-order valence-electron chi connectivity index (χ1n) is 8.37. The van der Waals surface area contributed by atoms with Gasteiger partial charge in [0, 0.05) is 17.7 Å². The van der Waals surface area contributed by atoms with Crippen molar-refractivity contribution in [3.8, 4) is 11.3 Å². The number of hydrogen-bond donors (Lipinski definition) is 2. The second-order valence-corrected chi connectivity index (χ2v) is 6.31. The largest absolute Gasteiger partial charge is 0.348 e. The molecule has 3 aromatic rings. The van der Waals surface area contributed by atoms with E-state index in [0.29, 0.717) is 11.6 Å². The van der Waals surface area contributed by atoms with E-state index in [2.05, 4.69) is 22.4 Å². The molecule has 0 bridgehead atoms. The van der Waals surface area contributed by atoms with Crippen LogP contribution in [0, 0.1) is 0 Å². The summed E-state index contributed by atoms with van der Waals surface area (Å²) in [4.78, 5) is 27.5. The Morgan fingerprint density at radius 3 is 2.28 bits per heavy atom. The average molecular weight is 330 g/mol. The summed E-state index contributed by atoms with van der Waals surface area (Å²) < 4.78 is 0. The molecule has 1 fully saturated rings. The van der Waals surface area contributed by atoms with Crippen molar-refractivity contribution < 1.29 is 4.79 Å². The highest BCUT2D eigenvalue weighted by Gasteiger charge is 2.39. The average Bonchev–Trinajstić information content (AvgIpc) is 3.42. The van der Waals surface area contributed by atoms with Crippen LogP contribution < -0.4 is 10.9 Å². The number of carbonyl (C=O) groups is 1. The van der Waals surface area contributed by atoms with Gasteiger partial charge in [-0.25, -0.2) is 0 Å². The minimum Gasteiger partial charge on any atom is -0.348 e. The number of hydrogen-bond acceptors (Lipinski definition) is 2. The molecule has 0 spiro atoms. The molecule has 124 valence electrons. The number of rotatable bonds is 4. The van der Waals surface area contributed by atoms with E-state index in [1.807, 2.05) is 48.5 Å². The summed E-state index contributed by atoms with van der Waals surface area (Å²) in [5, 5.41) is 2.96. The van der Waals surface area contributed by atoms with Crippen LogP contribution in [0.3, 0.4) is 0 Å². The third-order valence-electron chi connectivity index (χ3n) is 4.57. The van der Waals surface area contributed by atoms with E-state index in [9.17, 15) is 9.59 Å². The molecule has 2 atom stereocenters. The number of pyridine rings is 1. The SMILES string of the molecule is O=C(NC1CC1c1ccccc1)c1ccc(-c2ccccc2)[nH]c1=O. The molecule has 1 aliphatic carbocycles. The number of amides is 1. The Balaban J connectivity index is 1.47. The minimum atomic E-state index is -0.365. The van der Waals surface area contributed by atoms with Crippen molar-refractivity contribution in [3.05, 3.63) is 94.3 Å². The summed E-state index contributed by atoms with van der Waals surface area (Å²) in [7, 11) is 0. The molecule has 1 aliphatic rings. The Labute approximate surface area is 145 Å². The third kappa shape index (κ3) is 3.24. The monoisotopic (exact) mass is 330 g/mol. The van der Waals surface area contributed by atoms with E-state index in [1.54, 1.807) is 12.1 Å². The van der Waals surface area contributed by atoms with Gasteiger partial charge in [-0.05, 0) is 29.7 Å². The molecule has 4 rings (SSSR count). The van der Waals surface area contributed by atoms with Crippen LogP contribution in [0.15, 0.2) is 77.6 Å². The zero-order chi connectivity index (χ0) is 17.2. The summed E-state index contributed by atoms with van der Waals surface area (Å²) in [6.45, 7) is 0. The van der Waals surface area contributed by atoms with Gasteiger partial charge < -0.3 is 10.3 Å². The molecule has 4 heteroatoms. The van der Waals surface area contributed by atoms with Crippen LogP contribution in [0.25, 0.3) is 11.3 Å². The van der Waals surface area contributed by atoms with E-state index < -0.39 is 0 Å². The predicted octanol–water partition coefficient (Wildman–Crippen LogP) is 3.33. The molecule has 2 N–H and O–H groups in total. The highest BCUT2D eigenvalue weighted by atomic mass is 16.2. The maximum Gasteiger partial charge on any atom is 0.261 e. The predicted molar refractivity (Wildman–Crippen MR) is 97.6 cm³/mol. The molecule has 0 saturated heterocycles. The van der Waals surface area contributed by atoms with Gasteiger partial charge in [-0.1, -0.05) is 60.7 Å². The van der Waals surface area contributed by atoms with Crippen molar-refractivity contribution in [3.63, 3.8) is 0 Å². The number of aromatic amines is 1. The van der Waals surface area contributed by atoms with Crippen molar-refractivity contribution in [1.29, 1.82) is 0 Å². The summed E-state index contributed by atoms with van der Waals surface area (Å²) in [6, 6.07) is 23.1. The standard InChI is InChI=1S/C21H18N2O2/c24-20-16(11-12-18(22-20)15-9-5-2-6-10-15)21(25)23-19-13-17(19)14-7-3-1-4-8-14/h1-12,17,19H,13H2,(H,22,24)(H,23,25). The Morgan fingerprint density at radius 2 is 1.60 bits per heavy atom. The van der Waals surface area contributed by atoms with Crippen LogP contribution in [-0.2, 0) is 0 Å². The van der Waals surface area contributed by atoms with E-state index in [4.69, 9.17) is 0 Å². The number of benzene rings is 2. The first-order valence-corrected chi connectivity index (χ1v) is 8.37. The molecule has 2 unspecified atom stereocenters. The van der Waals surface area contributed by atoms with Gasteiger partial charge in [0.1, 0.15) is 5.56 Å². The fourth-order valence-corrected chi connectivity index (χ4v) is 3.11. The highest BCUT2D eigenvalue weighted by Crippen LogP contribution is 2.40. The van der Waals surface area contributed by atoms with E-state index in [1.165, 1.54) is 5.56 Å². The Bertz CT molecular complexity index is 948. The lowest BCUT2D eigenvalue weighted by Crippen LogP contribution is -2.31. The van der Waals surface area contributed by atoms with Gasteiger partial charge >= 0.3 is 0 Å². The second kappa shape index (κ2) is 6.40. The van der Waals surface area contributed by atoms with Gasteiger partial charge in [-0.15, -0.1) is 0 Å². The summed E-state index contributed by atoms with van der Waals surface area (Å²) >= 11 is 0. The fraction of sp³-hybridized carbons (Fsp3) is 0.143. The normalized spacial score (nSPS) is 18.6. The Morgan fingerprint density at radius 1 is 0.920 bits per heavy atom. The van der Waals surface area contributed by atoms with E-state index in [0.717, 1.165) is 12.0 Å². The summed E-state index contributed by atoms with van der Waals surface area (Å²) in [5.41, 5.74) is 2.63. The van der Waals surface area contributed by atoms with Crippen LogP contribution in [0.1, 0.15) is 28.3 Å².